The van der Waals surface area contributed by atoms with Gasteiger partial charge < -0.3 is 5.32 Å². The van der Waals surface area contributed by atoms with Crippen LogP contribution in [0.1, 0.15) is 46.4 Å². The molecule has 0 unspecified atom stereocenters. The molecule has 2 aromatic heterocycles. The summed E-state index contributed by atoms with van der Waals surface area (Å²) in [5.41, 5.74) is 3.53. The minimum absolute atomic E-state index is 0.162. The van der Waals surface area contributed by atoms with Crippen molar-refractivity contribution in [3.8, 4) is 5.69 Å². The molecule has 0 bridgehead atoms. The second kappa shape index (κ2) is 6.27. The van der Waals surface area contributed by atoms with Gasteiger partial charge in [-0.05, 0) is 58.0 Å². The van der Waals surface area contributed by atoms with Crippen LogP contribution in [0.25, 0.3) is 5.69 Å². The van der Waals surface area contributed by atoms with Gasteiger partial charge in [0, 0.05) is 11.3 Å². The molecule has 124 valence electrons. The number of hydrogen-bond acceptors (Lipinski definition) is 4. The zero-order chi connectivity index (χ0) is 17.3. The Balaban J connectivity index is 1.73. The molecular weight excluding hydrogens is 304 g/mol. The van der Waals surface area contributed by atoms with Gasteiger partial charge in [-0.15, -0.1) is 0 Å². The van der Waals surface area contributed by atoms with Crippen molar-refractivity contribution in [3.63, 3.8) is 0 Å². The molecule has 1 amide bonds. The summed E-state index contributed by atoms with van der Waals surface area (Å²) in [6.45, 7) is 7.63. The second-order valence-electron chi connectivity index (χ2n) is 5.86. The summed E-state index contributed by atoms with van der Waals surface area (Å²) in [4.78, 5) is 16.6. The highest BCUT2D eigenvalue weighted by atomic mass is 16.1. The van der Waals surface area contributed by atoms with Crippen molar-refractivity contribution >= 4 is 5.91 Å². The number of H-pyrrole nitrogens is 1. The Morgan fingerprint density at radius 3 is 2.46 bits per heavy atom. The first kappa shape index (κ1) is 15.9. The third-order valence-corrected chi connectivity index (χ3v) is 3.73. The lowest BCUT2D eigenvalue weighted by atomic mass is 10.1. The number of aromatic nitrogens is 5. The van der Waals surface area contributed by atoms with Crippen molar-refractivity contribution in [2.24, 2.45) is 0 Å². The average molecular weight is 324 g/mol. The zero-order valence-electron chi connectivity index (χ0n) is 14.2. The fourth-order valence-electron chi connectivity index (χ4n) is 2.54. The average Bonchev–Trinajstić information content (AvgIpc) is 3.13. The second-order valence-corrected chi connectivity index (χ2v) is 5.86. The number of nitrogens with zero attached hydrogens (tertiary/aromatic N) is 4. The van der Waals surface area contributed by atoms with Gasteiger partial charge in [-0.1, -0.05) is 0 Å². The molecule has 0 aliphatic carbocycles. The predicted octanol–water partition coefficient (Wildman–Crippen LogP) is 2.41. The third kappa shape index (κ3) is 3.19. The predicted molar refractivity (Wildman–Crippen MR) is 90.0 cm³/mol. The number of aromatic amines is 1. The Morgan fingerprint density at radius 2 is 1.92 bits per heavy atom. The highest BCUT2D eigenvalue weighted by Crippen LogP contribution is 2.14. The quantitative estimate of drug-likeness (QED) is 0.771. The molecule has 7 heteroatoms. The van der Waals surface area contributed by atoms with E-state index in [0.29, 0.717) is 11.4 Å². The van der Waals surface area contributed by atoms with Crippen LogP contribution in [0, 0.1) is 20.8 Å². The van der Waals surface area contributed by atoms with E-state index < -0.39 is 0 Å². The Hall–Kier alpha value is -2.96. The minimum Gasteiger partial charge on any atom is -0.342 e. The number of hydrogen-bond donors (Lipinski definition) is 2. The van der Waals surface area contributed by atoms with Crippen LogP contribution in [0.5, 0.6) is 0 Å². The monoisotopic (exact) mass is 324 g/mol. The van der Waals surface area contributed by atoms with Crippen LogP contribution in [0.2, 0.25) is 0 Å². The first-order chi connectivity index (χ1) is 11.4. The van der Waals surface area contributed by atoms with E-state index in [-0.39, 0.29) is 11.9 Å². The van der Waals surface area contributed by atoms with Crippen LogP contribution in [0.15, 0.2) is 30.3 Å². The lowest BCUT2D eigenvalue weighted by molar-refractivity contribution is 0.0938. The molecule has 7 nitrogen and oxygen atoms in total. The Bertz CT molecular complexity index is 862. The molecule has 0 saturated heterocycles. The molecule has 0 spiro atoms. The largest absolute Gasteiger partial charge is 0.342 e. The summed E-state index contributed by atoms with van der Waals surface area (Å²) < 4.78 is 1.86. The molecule has 2 N–H and O–H groups in total. The molecule has 0 radical (unpaired) electrons. The molecule has 1 atom stereocenters. The normalized spacial score (nSPS) is 12.2. The third-order valence-electron chi connectivity index (χ3n) is 3.73. The van der Waals surface area contributed by atoms with Gasteiger partial charge in [-0.3, -0.25) is 9.89 Å². The molecule has 0 saturated carbocycles. The Kier molecular flexibility index (Phi) is 4.16. The van der Waals surface area contributed by atoms with Gasteiger partial charge in [0.2, 0.25) is 0 Å². The van der Waals surface area contributed by atoms with E-state index in [2.05, 4.69) is 25.6 Å². The number of amides is 1. The summed E-state index contributed by atoms with van der Waals surface area (Å²) in [6, 6.07) is 9.10. The van der Waals surface area contributed by atoms with Crippen LogP contribution >= 0.6 is 0 Å². The molecule has 0 aliphatic heterocycles. The summed E-state index contributed by atoms with van der Waals surface area (Å²) in [7, 11) is 0. The maximum absolute atomic E-state index is 12.4. The lowest BCUT2D eigenvalue weighted by Gasteiger charge is -2.11. The van der Waals surface area contributed by atoms with Crippen molar-refractivity contribution in [2.45, 2.75) is 33.7 Å². The summed E-state index contributed by atoms with van der Waals surface area (Å²) in [6.07, 6.45) is 0. The van der Waals surface area contributed by atoms with Crippen LogP contribution in [0.3, 0.4) is 0 Å². The molecule has 3 aromatic rings. The first-order valence-corrected chi connectivity index (χ1v) is 7.77. The van der Waals surface area contributed by atoms with E-state index in [1.54, 1.807) is 12.1 Å². The summed E-state index contributed by atoms with van der Waals surface area (Å²) in [5.74, 6) is 1.13. The molecule has 2 heterocycles. The van der Waals surface area contributed by atoms with Gasteiger partial charge in [-0.25, -0.2) is 9.67 Å². The van der Waals surface area contributed by atoms with Gasteiger partial charge in [0.1, 0.15) is 5.82 Å². The minimum atomic E-state index is -0.266. The van der Waals surface area contributed by atoms with Crippen molar-refractivity contribution in [2.75, 3.05) is 0 Å². The Labute approximate surface area is 140 Å². The van der Waals surface area contributed by atoms with Gasteiger partial charge in [0.15, 0.2) is 5.82 Å². The maximum Gasteiger partial charge on any atom is 0.251 e. The van der Waals surface area contributed by atoms with Gasteiger partial charge in [0.25, 0.3) is 5.91 Å². The van der Waals surface area contributed by atoms with Crippen molar-refractivity contribution in [1.82, 2.24) is 30.3 Å². The topological polar surface area (TPSA) is 88.5 Å². The van der Waals surface area contributed by atoms with Crippen molar-refractivity contribution in [3.05, 3.63) is 58.9 Å². The number of nitrogens with one attached hydrogen (secondary N) is 2. The number of carbonyl (C=O) groups is 1. The number of rotatable bonds is 4. The van der Waals surface area contributed by atoms with Gasteiger partial charge in [0.05, 0.1) is 17.4 Å². The molecular formula is C17H20N6O. The highest BCUT2D eigenvalue weighted by molar-refractivity contribution is 5.94. The van der Waals surface area contributed by atoms with E-state index in [0.717, 1.165) is 22.9 Å². The van der Waals surface area contributed by atoms with E-state index in [4.69, 9.17) is 0 Å². The van der Waals surface area contributed by atoms with Crippen LogP contribution < -0.4 is 5.32 Å². The smallest absolute Gasteiger partial charge is 0.251 e. The first-order valence-electron chi connectivity index (χ1n) is 7.77. The standard InChI is InChI=1S/C17H20N6O/c1-10-9-11(2)23(22-10)15-7-5-14(6-8-15)17(24)18-12(3)16-19-13(4)20-21-16/h5-9,12H,1-4H3,(H,18,24)(H,19,20,21)/t12-/m0/s1. The maximum atomic E-state index is 12.4. The summed E-state index contributed by atoms with van der Waals surface area (Å²) in [5, 5.41) is 14.2. The lowest BCUT2D eigenvalue weighted by Crippen LogP contribution is -2.27. The van der Waals surface area contributed by atoms with E-state index in [9.17, 15) is 4.79 Å². The molecule has 0 fully saturated rings. The number of carbonyl (C=O) groups excluding carboxylic acids is 1. The Morgan fingerprint density at radius 1 is 1.21 bits per heavy atom. The molecule has 1 aromatic carbocycles. The van der Waals surface area contributed by atoms with Crippen LogP contribution in [-0.4, -0.2) is 30.9 Å². The van der Waals surface area contributed by atoms with E-state index in [1.165, 1.54) is 0 Å². The van der Waals surface area contributed by atoms with E-state index in [1.807, 2.05) is 50.6 Å². The van der Waals surface area contributed by atoms with Crippen molar-refractivity contribution in [1.29, 1.82) is 0 Å². The van der Waals surface area contributed by atoms with Crippen LogP contribution in [0.4, 0.5) is 0 Å². The number of benzene rings is 1. The van der Waals surface area contributed by atoms with E-state index >= 15 is 0 Å². The molecule has 3 rings (SSSR count). The fraction of sp³-hybridized carbons (Fsp3) is 0.294. The van der Waals surface area contributed by atoms with Crippen molar-refractivity contribution < 1.29 is 4.79 Å². The fourth-order valence-corrected chi connectivity index (χ4v) is 2.54. The van der Waals surface area contributed by atoms with Gasteiger partial charge >= 0.3 is 0 Å². The molecule has 0 aliphatic rings. The summed E-state index contributed by atoms with van der Waals surface area (Å²) >= 11 is 0. The highest BCUT2D eigenvalue weighted by Gasteiger charge is 2.15. The zero-order valence-corrected chi connectivity index (χ0v) is 14.2. The molecule has 24 heavy (non-hydrogen) atoms. The van der Waals surface area contributed by atoms with Gasteiger partial charge in [-0.2, -0.15) is 10.2 Å². The van der Waals surface area contributed by atoms with Crippen LogP contribution in [-0.2, 0) is 0 Å². The SMILES string of the molecule is Cc1cc(C)n(-c2ccc(C(=O)N[C@@H](C)c3n[nH]c(C)n3)cc2)n1. The number of aryl methyl sites for hydroxylation is 3.